The van der Waals surface area contributed by atoms with E-state index < -0.39 is 167 Å². The van der Waals surface area contributed by atoms with Gasteiger partial charge in [-0.2, -0.15) is 26.3 Å². The summed E-state index contributed by atoms with van der Waals surface area (Å²) in [6.45, 7) is 7.59. The van der Waals surface area contributed by atoms with Gasteiger partial charge in [-0.1, -0.05) is 48.5 Å². The molecule has 11 N–H and O–H groups in total. The van der Waals surface area contributed by atoms with Gasteiger partial charge < -0.3 is 93.4 Å². The number of hydrogen-bond donors (Lipinski definition) is 11. The van der Waals surface area contributed by atoms with Crippen molar-refractivity contribution in [2.24, 2.45) is 0 Å². The number of sulfone groups is 1. The average Bonchev–Trinajstić information content (AvgIpc) is 1.61. The zero-order valence-electron chi connectivity index (χ0n) is 59.6. The lowest BCUT2D eigenvalue weighted by Gasteiger charge is -2.22. The zero-order valence-corrected chi connectivity index (χ0v) is 60.4. The van der Waals surface area contributed by atoms with Crippen LogP contribution in [-0.4, -0.2) is 181 Å². The van der Waals surface area contributed by atoms with Crippen LogP contribution in [0.2, 0.25) is 0 Å². The molecule has 35 heteroatoms. The fraction of sp³-hybridized carbons (Fsp3) is 0.338. The SMILES string of the molecule is Cc1ccnc2c1ccn2[C@@H]1OC(C(O)c2cc(F)cc(C(F)(F)F)c2)[C@@H](O)[C@H]1O.Cc1ccnc2c1ccn2[C@@H]1O[C@H]([C@H](O)c2ccc(F)c(C(F)(F)F)c2)[C@@H](O)[C@H]1O.Cc1ccnc2c1ccn2[C@@H]1O[C@H]([C@H](O)c2ccc(S(C)(=O)=O)cc2)[C@@H](O)[C@H]1O.Cc1ncnc2c1ccn2[C@@H]1O[C@@H](c2ccccc2)[C@@H](O)[C@H]1O. The summed E-state index contributed by atoms with van der Waals surface area (Å²) in [6, 6.07) is 31.5. The van der Waals surface area contributed by atoms with Crippen LogP contribution in [0.25, 0.3) is 44.1 Å². The summed E-state index contributed by atoms with van der Waals surface area (Å²) in [5.74, 6) is -2.68. The number of halogens is 8. The molecule has 16 rings (SSSR count). The minimum Gasteiger partial charge on any atom is -0.387 e. The molecule has 4 saturated heterocycles. The second-order valence-electron chi connectivity index (χ2n) is 27.6. The fourth-order valence-corrected chi connectivity index (χ4v) is 14.8. The van der Waals surface area contributed by atoms with Gasteiger partial charge in [0.1, 0.15) is 132 Å². The van der Waals surface area contributed by atoms with Crippen molar-refractivity contribution in [1.29, 1.82) is 0 Å². The Morgan fingerprint density at radius 1 is 0.420 bits per heavy atom. The predicted octanol–water partition coefficient (Wildman–Crippen LogP) is 8.54. The van der Waals surface area contributed by atoms with Crippen LogP contribution < -0.4 is 0 Å². The molecule has 4 aromatic carbocycles. The molecule has 8 aromatic heterocycles. The van der Waals surface area contributed by atoms with Gasteiger partial charge in [0.05, 0.1) is 21.7 Å². The topological polar surface area (TPSA) is 378 Å². The van der Waals surface area contributed by atoms with Crippen molar-refractivity contribution in [3.05, 3.63) is 251 Å². The maximum absolute atomic E-state index is 13.7. The van der Waals surface area contributed by atoms with Crippen molar-refractivity contribution in [1.82, 2.24) is 43.2 Å². The highest BCUT2D eigenvalue weighted by atomic mass is 32.2. The molecule has 0 spiro atoms. The minimum atomic E-state index is -4.95. The lowest BCUT2D eigenvalue weighted by atomic mass is 9.97. The van der Waals surface area contributed by atoms with Crippen molar-refractivity contribution in [2.45, 2.75) is 161 Å². The third-order valence-electron chi connectivity index (χ3n) is 20.3. The van der Waals surface area contributed by atoms with E-state index in [0.717, 1.165) is 67.9 Å². The van der Waals surface area contributed by atoms with E-state index in [2.05, 4.69) is 24.9 Å². The summed E-state index contributed by atoms with van der Waals surface area (Å²) < 4.78 is 158. The number of pyridine rings is 3. The van der Waals surface area contributed by atoms with E-state index >= 15 is 0 Å². The Morgan fingerprint density at radius 2 is 0.821 bits per heavy atom. The average molecular weight is 1580 g/mol. The second-order valence-corrected chi connectivity index (χ2v) is 29.6. The first-order valence-electron chi connectivity index (χ1n) is 34.8. The Bertz CT molecular complexity index is 5490. The molecule has 12 heterocycles. The first-order chi connectivity index (χ1) is 53.0. The van der Waals surface area contributed by atoms with E-state index in [1.165, 1.54) is 39.7 Å². The number of hydrogen-bond acceptors (Lipinski definition) is 22. The van der Waals surface area contributed by atoms with E-state index in [0.29, 0.717) is 52.4 Å². The molecular formula is C77H75F8N9O17S. The number of fused-ring (bicyclic) bond motifs is 4. The normalized spacial score (nSPS) is 26.2. The summed E-state index contributed by atoms with van der Waals surface area (Å²) in [4.78, 5) is 21.4. The number of rotatable bonds is 12. The Balaban J connectivity index is 0.000000131. The summed E-state index contributed by atoms with van der Waals surface area (Å²) in [5.41, 5.74) is 3.62. The van der Waals surface area contributed by atoms with Crippen molar-refractivity contribution >= 4 is 54.0 Å². The Labute approximate surface area is 631 Å². The van der Waals surface area contributed by atoms with Crippen molar-refractivity contribution in [3.63, 3.8) is 0 Å². The van der Waals surface area contributed by atoms with Gasteiger partial charge in [0.25, 0.3) is 0 Å². The first kappa shape index (κ1) is 80.4. The molecule has 4 fully saturated rings. The number of ether oxygens (including phenoxy) is 4. The highest BCUT2D eigenvalue weighted by Crippen LogP contribution is 2.45. The van der Waals surface area contributed by atoms with Crippen LogP contribution >= 0.6 is 0 Å². The molecular weight excluding hydrogens is 1510 g/mol. The van der Waals surface area contributed by atoms with Gasteiger partial charge in [0.15, 0.2) is 34.7 Å². The number of aryl methyl sites for hydroxylation is 4. The molecule has 12 aromatic rings. The van der Waals surface area contributed by atoms with Crippen molar-refractivity contribution in [3.8, 4) is 0 Å². The van der Waals surface area contributed by atoms with Gasteiger partial charge in [-0.25, -0.2) is 42.1 Å². The van der Waals surface area contributed by atoms with E-state index in [1.807, 2.05) is 76.2 Å². The van der Waals surface area contributed by atoms with Gasteiger partial charge >= 0.3 is 12.4 Å². The van der Waals surface area contributed by atoms with Crippen LogP contribution in [0.5, 0.6) is 0 Å². The third-order valence-corrected chi connectivity index (χ3v) is 21.4. The molecule has 0 aliphatic carbocycles. The molecule has 4 aliphatic rings. The van der Waals surface area contributed by atoms with Crippen LogP contribution in [-0.2, 0) is 41.1 Å². The molecule has 19 atom stereocenters. The molecule has 0 radical (unpaired) electrons. The largest absolute Gasteiger partial charge is 0.419 e. The molecule has 26 nitrogen and oxygen atoms in total. The number of aromatic nitrogens is 9. The van der Waals surface area contributed by atoms with Gasteiger partial charge in [0.2, 0.25) is 0 Å². The van der Waals surface area contributed by atoms with Crippen LogP contribution in [0.1, 0.15) is 105 Å². The van der Waals surface area contributed by atoms with Crippen LogP contribution in [0.3, 0.4) is 0 Å². The fourth-order valence-electron chi connectivity index (χ4n) is 14.2. The van der Waals surface area contributed by atoms with Crippen LogP contribution in [0, 0.1) is 39.3 Å². The number of benzene rings is 4. The van der Waals surface area contributed by atoms with Gasteiger partial charge in [-0.15, -0.1) is 0 Å². The maximum atomic E-state index is 13.7. The summed E-state index contributed by atoms with van der Waals surface area (Å²) in [6.07, 6.45) is -19.9. The highest BCUT2D eigenvalue weighted by molar-refractivity contribution is 7.90. The molecule has 112 heavy (non-hydrogen) atoms. The number of alkyl halides is 6. The first-order valence-corrected chi connectivity index (χ1v) is 36.7. The van der Waals surface area contributed by atoms with E-state index in [-0.39, 0.29) is 10.5 Å². The second kappa shape index (κ2) is 31.7. The smallest absolute Gasteiger partial charge is 0.387 e. The summed E-state index contributed by atoms with van der Waals surface area (Å²) in [5, 5.41) is 119. The Morgan fingerprint density at radius 3 is 1.26 bits per heavy atom. The summed E-state index contributed by atoms with van der Waals surface area (Å²) in [7, 11) is -3.36. The molecule has 0 amide bonds. The minimum absolute atomic E-state index is 0.125. The molecule has 592 valence electrons. The van der Waals surface area contributed by atoms with Gasteiger partial charge in [-0.05, 0) is 152 Å². The standard InChI is InChI=1S/2C20H18F4N2O4.C20H22N2O6S.C17H17N3O3/c1-9-2-4-25-18-13(9)3-5-26(18)19-16(29)15(28)17(30-19)14(27)10-6-11(20(22,23)24)8-12(21)7-10;1-9-4-6-25-18-11(9)5-7-26(18)19-16(29)15(28)17(30-19)14(27)10-2-3-13(21)12(8-10)20(22,23)24;1-11-7-9-21-19-14(11)8-10-22(19)20-17(25)16(24)18(28-20)15(23)12-3-5-13(6-4-12)29(2,26)27;1-10-12-7-8-20(16(12)19-9-18-10)17-14(22)13(21)15(23-17)11-5-3-2-4-6-11/h2*2-8,14-17,19,27-29H,1H3;3-10,15-18,20,23-25H,1-2H3;2-9,13-15,17,21-22H,1H3/t14?,15-,16+,17?,19+;14-,15+,16-,17-,19-;15-,16+,17-,18-,20-;13-,14+,15-,17+/m0110/s1. The van der Waals surface area contributed by atoms with Crippen LogP contribution in [0.15, 0.2) is 188 Å². The van der Waals surface area contributed by atoms with Crippen molar-refractivity contribution in [2.75, 3.05) is 6.26 Å². The predicted molar refractivity (Wildman–Crippen MR) is 382 cm³/mol. The maximum Gasteiger partial charge on any atom is 0.419 e. The number of aliphatic hydroxyl groups excluding tert-OH is 11. The van der Waals surface area contributed by atoms with Gasteiger partial charge in [-0.3, -0.25) is 0 Å². The highest BCUT2D eigenvalue weighted by Gasteiger charge is 2.52. The van der Waals surface area contributed by atoms with E-state index in [4.69, 9.17) is 18.9 Å². The van der Waals surface area contributed by atoms with Crippen molar-refractivity contribution < 1.29 is 119 Å². The molecule has 4 aliphatic heterocycles. The molecule has 0 saturated carbocycles. The Kier molecular flexibility index (Phi) is 22.8. The zero-order chi connectivity index (χ0) is 80.5. The summed E-state index contributed by atoms with van der Waals surface area (Å²) >= 11 is 0. The lowest BCUT2D eigenvalue weighted by Crippen LogP contribution is -2.35. The van der Waals surface area contributed by atoms with Crippen LogP contribution in [0.4, 0.5) is 35.1 Å². The van der Waals surface area contributed by atoms with E-state index in [1.54, 1.807) is 76.8 Å². The van der Waals surface area contributed by atoms with Gasteiger partial charge in [0, 0.05) is 71.2 Å². The molecule has 2 unspecified atom stereocenters. The molecule has 0 bridgehead atoms. The monoisotopic (exact) mass is 1580 g/mol. The third kappa shape index (κ3) is 15.7. The number of aliphatic hydroxyl groups is 11. The van der Waals surface area contributed by atoms with E-state index in [9.17, 15) is 99.7 Å². The quantitative estimate of drug-likeness (QED) is 0.0510. The number of nitrogens with zero attached hydrogens (tertiary/aromatic N) is 9. The Hall–Kier alpha value is -9.64. The lowest BCUT2D eigenvalue weighted by molar-refractivity contribution is -0.140.